The number of carbonyl (C=O) groups is 2. The topological polar surface area (TPSA) is 64.7 Å². The second-order valence-electron chi connectivity index (χ2n) is 7.53. The Bertz CT molecular complexity index is 429. The van der Waals surface area contributed by atoms with Gasteiger partial charge in [-0.1, -0.05) is 0 Å². The minimum atomic E-state index is 0. The summed E-state index contributed by atoms with van der Waals surface area (Å²) in [5, 5.41) is 6.54. The van der Waals surface area contributed by atoms with Gasteiger partial charge in [-0.25, -0.2) is 4.79 Å². The Labute approximate surface area is 157 Å². The second kappa shape index (κ2) is 10.2. The molecule has 0 aromatic heterocycles. The van der Waals surface area contributed by atoms with Crippen LogP contribution in [0.2, 0.25) is 0 Å². The molecular weight excluding hydrogens is 340 g/mol. The fourth-order valence-electron chi connectivity index (χ4n) is 4.16. The van der Waals surface area contributed by atoms with Gasteiger partial charge in [0.2, 0.25) is 5.91 Å². The van der Waals surface area contributed by atoms with Crippen LogP contribution in [-0.4, -0.2) is 67.6 Å². The first-order valence-electron chi connectivity index (χ1n) is 9.76. The molecule has 3 amide bonds. The van der Waals surface area contributed by atoms with E-state index in [0.29, 0.717) is 5.92 Å². The summed E-state index contributed by atoms with van der Waals surface area (Å²) < 4.78 is 0. The second-order valence-corrected chi connectivity index (χ2v) is 7.53. The highest BCUT2D eigenvalue weighted by atomic mass is 35.5. The van der Waals surface area contributed by atoms with Gasteiger partial charge in [-0.3, -0.25) is 4.79 Å². The van der Waals surface area contributed by atoms with Crippen molar-refractivity contribution >= 4 is 24.3 Å². The molecule has 0 aromatic rings. The molecule has 1 atom stereocenters. The summed E-state index contributed by atoms with van der Waals surface area (Å²) in [6, 6.07) is 0.177. The Morgan fingerprint density at radius 3 is 2.28 bits per heavy atom. The van der Waals surface area contributed by atoms with Gasteiger partial charge in [-0.2, -0.15) is 0 Å². The average molecular weight is 373 g/mol. The molecule has 0 spiro atoms. The maximum atomic E-state index is 12.4. The standard InChI is InChI=1S/C18H32N4O2.ClH/c23-17(20-9-5-15-4-3-8-19-14-15)16-6-12-22(13-7-16)18(24)21-10-1-2-11-21;/h15-16,19H,1-14H2,(H,20,23);1H. The zero-order valence-electron chi connectivity index (χ0n) is 15.2. The van der Waals surface area contributed by atoms with Gasteiger partial charge in [0.05, 0.1) is 0 Å². The molecule has 3 saturated heterocycles. The molecule has 0 radical (unpaired) electrons. The summed E-state index contributed by atoms with van der Waals surface area (Å²) in [4.78, 5) is 28.6. The molecule has 3 rings (SSSR count). The van der Waals surface area contributed by atoms with Crippen molar-refractivity contribution < 1.29 is 9.59 Å². The fraction of sp³-hybridized carbons (Fsp3) is 0.889. The first kappa shape index (κ1) is 20.3. The summed E-state index contributed by atoms with van der Waals surface area (Å²) in [5.41, 5.74) is 0. The molecule has 3 aliphatic rings. The van der Waals surface area contributed by atoms with Crippen LogP contribution in [0.1, 0.15) is 44.9 Å². The maximum Gasteiger partial charge on any atom is 0.319 e. The number of halogens is 1. The Morgan fingerprint density at radius 1 is 0.960 bits per heavy atom. The lowest BCUT2D eigenvalue weighted by Gasteiger charge is -2.34. The van der Waals surface area contributed by atoms with Crippen molar-refractivity contribution in [3.05, 3.63) is 0 Å². The summed E-state index contributed by atoms with van der Waals surface area (Å²) in [6.45, 7) is 6.26. The highest BCUT2D eigenvalue weighted by Crippen LogP contribution is 2.20. The number of rotatable bonds is 4. The predicted octanol–water partition coefficient (Wildman–Crippen LogP) is 1.84. The van der Waals surface area contributed by atoms with Gasteiger partial charge in [0, 0.05) is 38.6 Å². The van der Waals surface area contributed by atoms with Crippen molar-refractivity contribution in [1.29, 1.82) is 0 Å². The molecule has 3 aliphatic heterocycles. The van der Waals surface area contributed by atoms with Crippen LogP contribution in [-0.2, 0) is 4.79 Å². The number of carbonyl (C=O) groups excluding carboxylic acids is 2. The van der Waals surface area contributed by atoms with Crippen LogP contribution in [0, 0.1) is 11.8 Å². The van der Waals surface area contributed by atoms with Crippen LogP contribution in [0.4, 0.5) is 4.79 Å². The van der Waals surface area contributed by atoms with E-state index in [1.165, 1.54) is 12.8 Å². The lowest BCUT2D eigenvalue weighted by Crippen LogP contribution is -2.47. The van der Waals surface area contributed by atoms with E-state index >= 15 is 0 Å². The van der Waals surface area contributed by atoms with E-state index in [9.17, 15) is 9.59 Å². The van der Waals surface area contributed by atoms with E-state index in [4.69, 9.17) is 0 Å². The summed E-state index contributed by atoms with van der Waals surface area (Å²) in [7, 11) is 0. The van der Waals surface area contributed by atoms with Crippen LogP contribution in [0.15, 0.2) is 0 Å². The maximum absolute atomic E-state index is 12.4. The summed E-state index contributed by atoms with van der Waals surface area (Å²) in [5.74, 6) is 0.975. The normalized spacial score (nSPS) is 24.7. The van der Waals surface area contributed by atoms with Crippen molar-refractivity contribution in [3.8, 4) is 0 Å². The predicted molar refractivity (Wildman–Crippen MR) is 101 cm³/mol. The number of hydrogen-bond acceptors (Lipinski definition) is 3. The van der Waals surface area contributed by atoms with Crippen LogP contribution in [0.3, 0.4) is 0 Å². The number of nitrogens with zero attached hydrogens (tertiary/aromatic N) is 2. The molecule has 0 aliphatic carbocycles. The van der Waals surface area contributed by atoms with E-state index in [-0.39, 0.29) is 30.3 Å². The van der Waals surface area contributed by atoms with Gasteiger partial charge in [0.15, 0.2) is 0 Å². The van der Waals surface area contributed by atoms with Crippen molar-refractivity contribution in [1.82, 2.24) is 20.4 Å². The molecule has 7 heteroatoms. The number of likely N-dealkylation sites (tertiary alicyclic amines) is 2. The largest absolute Gasteiger partial charge is 0.356 e. The first-order valence-corrected chi connectivity index (χ1v) is 9.76. The molecule has 0 bridgehead atoms. The number of hydrogen-bond donors (Lipinski definition) is 2. The number of nitrogens with one attached hydrogen (secondary N) is 2. The van der Waals surface area contributed by atoms with Crippen LogP contribution < -0.4 is 10.6 Å². The molecule has 3 heterocycles. The molecule has 2 N–H and O–H groups in total. The Balaban J connectivity index is 0.00000225. The van der Waals surface area contributed by atoms with Gasteiger partial charge in [-0.05, 0) is 64.0 Å². The van der Waals surface area contributed by atoms with Crippen molar-refractivity contribution in [2.75, 3.05) is 45.8 Å². The fourth-order valence-corrected chi connectivity index (χ4v) is 4.16. The lowest BCUT2D eigenvalue weighted by atomic mass is 9.94. The summed E-state index contributed by atoms with van der Waals surface area (Å²) >= 11 is 0. The number of urea groups is 1. The van der Waals surface area contributed by atoms with E-state index in [1.807, 2.05) is 9.80 Å². The highest BCUT2D eigenvalue weighted by Gasteiger charge is 2.30. The molecule has 25 heavy (non-hydrogen) atoms. The zero-order valence-corrected chi connectivity index (χ0v) is 16.0. The molecular formula is C18H33ClN4O2. The third kappa shape index (κ3) is 5.74. The van der Waals surface area contributed by atoms with Gasteiger partial charge in [0.25, 0.3) is 0 Å². The minimum absolute atomic E-state index is 0. The Morgan fingerprint density at radius 2 is 1.64 bits per heavy atom. The summed E-state index contributed by atoms with van der Waals surface area (Å²) in [6.07, 6.45) is 7.46. The lowest BCUT2D eigenvalue weighted by molar-refractivity contribution is -0.126. The smallest absolute Gasteiger partial charge is 0.319 e. The first-order chi connectivity index (χ1) is 11.7. The van der Waals surface area contributed by atoms with E-state index < -0.39 is 0 Å². The van der Waals surface area contributed by atoms with Crippen LogP contribution in [0.5, 0.6) is 0 Å². The molecule has 0 saturated carbocycles. The monoisotopic (exact) mass is 372 g/mol. The third-order valence-electron chi connectivity index (χ3n) is 5.76. The van der Waals surface area contributed by atoms with Crippen molar-refractivity contribution in [2.24, 2.45) is 11.8 Å². The van der Waals surface area contributed by atoms with E-state index in [1.54, 1.807) is 0 Å². The number of piperidine rings is 2. The zero-order chi connectivity index (χ0) is 16.8. The highest BCUT2D eigenvalue weighted by molar-refractivity contribution is 5.85. The van der Waals surface area contributed by atoms with E-state index in [2.05, 4.69) is 10.6 Å². The van der Waals surface area contributed by atoms with Gasteiger partial charge in [-0.15, -0.1) is 12.4 Å². The SMILES string of the molecule is Cl.O=C(NCCC1CCCNC1)C1CCN(C(=O)N2CCCC2)CC1. The average Bonchev–Trinajstić information content (AvgIpc) is 3.17. The molecule has 1 unspecified atom stereocenters. The molecule has 3 fully saturated rings. The Hall–Kier alpha value is -1.01. The molecule has 0 aromatic carbocycles. The van der Waals surface area contributed by atoms with Crippen LogP contribution >= 0.6 is 12.4 Å². The molecule has 6 nitrogen and oxygen atoms in total. The van der Waals surface area contributed by atoms with Gasteiger partial charge < -0.3 is 20.4 Å². The quantitative estimate of drug-likeness (QED) is 0.791. The molecule has 144 valence electrons. The third-order valence-corrected chi connectivity index (χ3v) is 5.76. The minimum Gasteiger partial charge on any atom is -0.356 e. The number of amides is 3. The van der Waals surface area contributed by atoms with Gasteiger partial charge >= 0.3 is 6.03 Å². The van der Waals surface area contributed by atoms with Crippen molar-refractivity contribution in [3.63, 3.8) is 0 Å². The van der Waals surface area contributed by atoms with Crippen LogP contribution in [0.25, 0.3) is 0 Å². The Kier molecular flexibility index (Phi) is 8.30. The van der Waals surface area contributed by atoms with Crippen molar-refractivity contribution in [2.45, 2.75) is 44.9 Å². The van der Waals surface area contributed by atoms with E-state index in [0.717, 1.165) is 77.9 Å². The van der Waals surface area contributed by atoms with Gasteiger partial charge in [0.1, 0.15) is 0 Å².